The van der Waals surface area contributed by atoms with Crippen LogP contribution < -0.4 is 5.32 Å². The minimum absolute atomic E-state index is 0.151. The molecule has 5 heteroatoms. The number of ether oxygens (including phenoxy) is 1. The molecule has 1 N–H and O–H groups in total. The Kier molecular flexibility index (Phi) is 6.98. The predicted molar refractivity (Wildman–Crippen MR) is 112 cm³/mol. The highest BCUT2D eigenvalue weighted by molar-refractivity contribution is 9.10. The van der Waals surface area contributed by atoms with Crippen molar-refractivity contribution in [2.24, 2.45) is 0 Å². The second-order valence-electron chi connectivity index (χ2n) is 6.32. The minimum Gasteiger partial charge on any atom is -0.459 e. The average Bonchev–Trinajstić information content (AvgIpc) is 2.74. The van der Waals surface area contributed by atoms with E-state index < -0.39 is 12.0 Å². The molecule has 0 saturated heterocycles. The van der Waals surface area contributed by atoms with Crippen LogP contribution in [0.1, 0.15) is 21.5 Å². The van der Waals surface area contributed by atoms with Crippen LogP contribution in [0.2, 0.25) is 0 Å². The summed E-state index contributed by atoms with van der Waals surface area (Å²) in [5.74, 6) is -0.766. The Morgan fingerprint density at radius 2 is 1.43 bits per heavy atom. The monoisotopic (exact) mass is 437 g/mol. The van der Waals surface area contributed by atoms with Gasteiger partial charge in [0, 0.05) is 16.5 Å². The Balaban J connectivity index is 1.70. The van der Waals surface area contributed by atoms with Gasteiger partial charge in [0.2, 0.25) is 0 Å². The van der Waals surface area contributed by atoms with Gasteiger partial charge in [-0.25, -0.2) is 4.79 Å². The van der Waals surface area contributed by atoms with E-state index in [-0.39, 0.29) is 12.5 Å². The molecule has 3 aromatic carbocycles. The van der Waals surface area contributed by atoms with Gasteiger partial charge in [-0.2, -0.15) is 0 Å². The zero-order valence-corrected chi connectivity index (χ0v) is 16.8. The van der Waals surface area contributed by atoms with Crippen LogP contribution in [0.15, 0.2) is 89.4 Å². The van der Waals surface area contributed by atoms with Crippen LogP contribution in [-0.4, -0.2) is 17.9 Å². The van der Waals surface area contributed by atoms with Crippen LogP contribution in [0.4, 0.5) is 0 Å². The SMILES string of the molecule is O=C(NC(Cc1ccccc1)C(=O)OCc1ccc(Br)cc1)c1ccccc1. The molecule has 0 aliphatic rings. The van der Waals surface area contributed by atoms with Gasteiger partial charge in [0.05, 0.1) is 0 Å². The van der Waals surface area contributed by atoms with Gasteiger partial charge >= 0.3 is 5.97 Å². The van der Waals surface area contributed by atoms with Crippen molar-refractivity contribution in [2.45, 2.75) is 19.1 Å². The fourth-order valence-corrected chi connectivity index (χ4v) is 2.97. The lowest BCUT2D eigenvalue weighted by Gasteiger charge is -2.18. The normalized spacial score (nSPS) is 11.5. The molecule has 0 aromatic heterocycles. The molecule has 0 aliphatic heterocycles. The van der Waals surface area contributed by atoms with Gasteiger partial charge in [0.15, 0.2) is 0 Å². The smallest absolute Gasteiger partial charge is 0.329 e. The topological polar surface area (TPSA) is 55.4 Å². The van der Waals surface area contributed by atoms with Gasteiger partial charge in [-0.05, 0) is 35.4 Å². The lowest BCUT2D eigenvalue weighted by atomic mass is 10.1. The molecule has 1 unspecified atom stereocenters. The van der Waals surface area contributed by atoms with E-state index in [0.717, 1.165) is 15.6 Å². The maximum absolute atomic E-state index is 12.7. The summed E-state index contributed by atoms with van der Waals surface area (Å²) in [7, 11) is 0. The first kappa shape index (κ1) is 19.8. The quantitative estimate of drug-likeness (QED) is 0.552. The summed E-state index contributed by atoms with van der Waals surface area (Å²) in [4.78, 5) is 25.2. The molecule has 142 valence electrons. The molecule has 0 radical (unpaired) electrons. The highest BCUT2D eigenvalue weighted by atomic mass is 79.9. The number of hydrogen-bond acceptors (Lipinski definition) is 3. The predicted octanol–water partition coefficient (Wildman–Crippen LogP) is 4.53. The minimum atomic E-state index is -0.773. The van der Waals surface area contributed by atoms with E-state index in [9.17, 15) is 9.59 Å². The third-order valence-corrected chi connectivity index (χ3v) is 4.73. The fraction of sp³-hybridized carbons (Fsp3) is 0.130. The highest BCUT2D eigenvalue weighted by Crippen LogP contribution is 2.12. The van der Waals surface area contributed by atoms with Gasteiger partial charge < -0.3 is 10.1 Å². The molecule has 0 bridgehead atoms. The summed E-state index contributed by atoms with van der Waals surface area (Å²) in [5.41, 5.74) is 2.33. The average molecular weight is 438 g/mol. The second-order valence-corrected chi connectivity index (χ2v) is 7.23. The number of carbonyl (C=O) groups excluding carboxylic acids is 2. The molecule has 0 heterocycles. The summed E-state index contributed by atoms with van der Waals surface area (Å²) >= 11 is 3.38. The fourth-order valence-electron chi connectivity index (χ4n) is 2.71. The molecular weight excluding hydrogens is 418 g/mol. The van der Waals surface area contributed by atoms with Gasteiger partial charge in [-0.3, -0.25) is 4.79 Å². The molecule has 1 atom stereocenters. The van der Waals surface area contributed by atoms with Crippen molar-refractivity contribution in [3.63, 3.8) is 0 Å². The molecule has 4 nitrogen and oxygen atoms in total. The molecule has 3 rings (SSSR count). The molecule has 1 amide bonds. The van der Waals surface area contributed by atoms with E-state index in [4.69, 9.17) is 4.74 Å². The van der Waals surface area contributed by atoms with Gasteiger partial charge in [-0.15, -0.1) is 0 Å². The van der Waals surface area contributed by atoms with Crippen LogP contribution in [0.5, 0.6) is 0 Å². The Hall–Kier alpha value is -2.92. The Morgan fingerprint density at radius 1 is 0.821 bits per heavy atom. The Labute approximate surface area is 172 Å². The van der Waals surface area contributed by atoms with Gasteiger partial charge in [-0.1, -0.05) is 76.6 Å². The third kappa shape index (κ3) is 5.79. The number of nitrogens with one attached hydrogen (secondary N) is 1. The molecule has 0 spiro atoms. The van der Waals surface area contributed by atoms with Gasteiger partial charge in [0.25, 0.3) is 5.91 Å². The van der Waals surface area contributed by atoms with Crippen molar-refractivity contribution in [3.8, 4) is 0 Å². The van der Waals surface area contributed by atoms with Crippen LogP contribution in [0, 0.1) is 0 Å². The molecular formula is C23H20BrNO3. The van der Waals surface area contributed by atoms with Crippen molar-refractivity contribution >= 4 is 27.8 Å². The first-order valence-corrected chi connectivity index (χ1v) is 9.72. The van der Waals surface area contributed by atoms with E-state index in [2.05, 4.69) is 21.2 Å². The number of rotatable bonds is 7. The summed E-state index contributed by atoms with van der Waals surface area (Å²) in [6, 6.07) is 25.2. The molecule has 28 heavy (non-hydrogen) atoms. The zero-order valence-electron chi connectivity index (χ0n) is 15.2. The van der Waals surface area contributed by atoms with E-state index in [0.29, 0.717) is 12.0 Å². The largest absolute Gasteiger partial charge is 0.459 e. The van der Waals surface area contributed by atoms with Crippen LogP contribution in [0.3, 0.4) is 0 Å². The number of hydrogen-bond donors (Lipinski definition) is 1. The van der Waals surface area contributed by atoms with E-state index in [1.807, 2.05) is 60.7 Å². The molecule has 0 saturated carbocycles. The summed E-state index contributed by atoms with van der Waals surface area (Å²) in [6.45, 7) is 0.151. The molecule has 0 fully saturated rings. The second kappa shape index (κ2) is 9.85. The first-order chi connectivity index (χ1) is 13.6. The van der Waals surface area contributed by atoms with Crippen LogP contribution >= 0.6 is 15.9 Å². The number of esters is 1. The maximum Gasteiger partial charge on any atom is 0.329 e. The van der Waals surface area contributed by atoms with Crippen molar-refractivity contribution in [1.82, 2.24) is 5.32 Å². The van der Waals surface area contributed by atoms with Crippen molar-refractivity contribution in [1.29, 1.82) is 0 Å². The van der Waals surface area contributed by atoms with E-state index >= 15 is 0 Å². The van der Waals surface area contributed by atoms with Crippen LogP contribution in [0.25, 0.3) is 0 Å². The Morgan fingerprint density at radius 3 is 2.07 bits per heavy atom. The highest BCUT2D eigenvalue weighted by Gasteiger charge is 2.23. The van der Waals surface area contributed by atoms with Gasteiger partial charge in [0.1, 0.15) is 12.6 Å². The van der Waals surface area contributed by atoms with E-state index in [1.54, 1.807) is 24.3 Å². The number of halogens is 1. The maximum atomic E-state index is 12.7. The zero-order chi connectivity index (χ0) is 19.8. The van der Waals surface area contributed by atoms with Crippen molar-refractivity contribution in [3.05, 3.63) is 106 Å². The lowest BCUT2D eigenvalue weighted by Crippen LogP contribution is -2.43. The van der Waals surface area contributed by atoms with Crippen molar-refractivity contribution < 1.29 is 14.3 Å². The summed E-state index contributed by atoms with van der Waals surface area (Å²) in [6.07, 6.45) is 0.360. The van der Waals surface area contributed by atoms with E-state index in [1.165, 1.54) is 0 Å². The lowest BCUT2D eigenvalue weighted by molar-refractivity contribution is -0.147. The number of benzene rings is 3. The first-order valence-electron chi connectivity index (χ1n) is 8.93. The number of carbonyl (C=O) groups is 2. The Bertz CT molecular complexity index is 912. The standard InChI is InChI=1S/C23H20BrNO3/c24-20-13-11-18(12-14-20)16-28-23(27)21(15-17-7-3-1-4-8-17)25-22(26)19-9-5-2-6-10-19/h1-14,21H,15-16H2,(H,25,26). The number of amides is 1. The molecule has 0 aliphatic carbocycles. The molecule has 3 aromatic rings. The van der Waals surface area contributed by atoms with Crippen LogP contribution in [-0.2, 0) is 22.6 Å². The summed E-state index contributed by atoms with van der Waals surface area (Å²) in [5, 5.41) is 2.81. The third-order valence-electron chi connectivity index (χ3n) is 4.20. The summed E-state index contributed by atoms with van der Waals surface area (Å²) < 4.78 is 6.43. The van der Waals surface area contributed by atoms with Crippen molar-refractivity contribution in [2.75, 3.05) is 0 Å².